The summed E-state index contributed by atoms with van der Waals surface area (Å²) in [6.45, 7) is 4.24. The largest absolute Gasteiger partial charge is 0.493 e. The Labute approximate surface area is 193 Å². The Morgan fingerprint density at radius 3 is 2.59 bits per heavy atom. The number of hydrogen-bond acceptors (Lipinski definition) is 7. The highest BCUT2D eigenvalue weighted by Crippen LogP contribution is 2.38. The van der Waals surface area contributed by atoms with Gasteiger partial charge in [-0.05, 0) is 32.0 Å². The Bertz CT molecular complexity index is 1210. The number of aromatic nitrogens is 2. The lowest BCUT2D eigenvalue weighted by atomic mass is 10.0. The monoisotopic (exact) mass is 480 g/mol. The summed E-state index contributed by atoms with van der Waals surface area (Å²) in [5, 5.41) is 3.55. The van der Waals surface area contributed by atoms with Crippen molar-refractivity contribution in [1.29, 1.82) is 0 Å². The van der Waals surface area contributed by atoms with E-state index in [0.717, 1.165) is 6.42 Å². The van der Waals surface area contributed by atoms with Crippen LogP contribution in [0.25, 0.3) is 10.9 Å². The number of rotatable bonds is 6. The van der Waals surface area contributed by atoms with Crippen LogP contribution in [0.4, 0.5) is 29.1 Å². The third kappa shape index (κ3) is 4.79. The molecule has 0 saturated carbocycles. The zero-order chi connectivity index (χ0) is 24.6. The second kappa shape index (κ2) is 9.13. The van der Waals surface area contributed by atoms with Crippen molar-refractivity contribution in [1.82, 2.24) is 9.97 Å². The van der Waals surface area contributed by atoms with Crippen molar-refractivity contribution in [3.8, 4) is 11.5 Å². The van der Waals surface area contributed by atoms with Crippen molar-refractivity contribution in [3.63, 3.8) is 0 Å². The summed E-state index contributed by atoms with van der Waals surface area (Å²) in [5.74, 6) is 0.242. The molecule has 1 saturated heterocycles. The first kappa shape index (κ1) is 23.8. The molecule has 3 aromatic rings. The van der Waals surface area contributed by atoms with Crippen LogP contribution in [-0.4, -0.2) is 36.4 Å². The summed E-state index contributed by atoms with van der Waals surface area (Å²) in [5.41, 5.74) is 4.32. The van der Waals surface area contributed by atoms with Gasteiger partial charge >= 0.3 is 6.18 Å². The maximum absolute atomic E-state index is 14.8. The molecule has 0 radical (unpaired) electrons. The molecule has 1 aliphatic rings. The molecule has 2 aromatic carbocycles. The van der Waals surface area contributed by atoms with Gasteiger partial charge < -0.3 is 25.3 Å². The number of nitrogens with two attached hydrogens (primary N) is 1. The summed E-state index contributed by atoms with van der Waals surface area (Å²) in [6.07, 6.45) is -4.29. The lowest BCUT2D eigenvalue weighted by Gasteiger charge is -2.21. The molecule has 0 bridgehead atoms. The number of nitrogens with zero attached hydrogens (tertiary/aromatic N) is 2. The molecule has 3 N–H and O–H groups in total. The number of halogens is 4. The van der Waals surface area contributed by atoms with Crippen LogP contribution in [0.3, 0.4) is 0 Å². The minimum atomic E-state index is -4.88. The highest BCUT2D eigenvalue weighted by atomic mass is 19.4. The van der Waals surface area contributed by atoms with Crippen molar-refractivity contribution >= 4 is 22.4 Å². The predicted octanol–water partition coefficient (Wildman–Crippen LogP) is 5.03. The Hall–Kier alpha value is -3.34. The van der Waals surface area contributed by atoms with Crippen LogP contribution in [0.5, 0.6) is 11.5 Å². The summed E-state index contributed by atoms with van der Waals surface area (Å²) in [6, 6.07) is 4.25. The van der Waals surface area contributed by atoms with Gasteiger partial charge in [0.05, 0.1) is 37.4 Å². The topological polar surface area (TPSA) is 91.5 Å². The molecular weight excluding hydrogens is 456 g/mol. The Kier molecular flexibility index (Phi) is 6.39. The summed E-state index contributed by atoms with van der Waals surface area (Å²) >= 11 is 0. The van der Waals surface area contributed by atoms with Crippen LogP contribution >= 0.6 is 0 Å². The average molecular weight is 480 g/mol. The minimum Gasteiger partial charge on any atom is -0.493 e. The van der Waals surface area contributed by atoms with Gasteiger partial charge in [0.25, 0.3) is 0 Å². The fraction of sp³-hybridized carbons (Fsp3) is 0.391. The summed E-state index contributed by atoms with van der Waals surface area (Å²) in [4.78, 5) is 8.82. The molecule has 4 rings (SSSR count). The van der Waals surface area contributed by atoms with Gasteiger partial charge in [-0.3, -0.25) is 0 Å². The van der Waals surface area contributed by atoms with Crippen LogP contribution < -0.4 is 20.5 Å². The van der Waals surface area contributed by atoms with Gasteiger partial charge in [0, 0.05) is 29.1 Å². The fourth-order valence-corrected chi connectivity index (χ4v) is 3.87. The molecule has 1 aliphatic heterocycles. The molecule has 0 amide bonds. The van der Waals surface area contributed by atoms with Gasteiger partial charge in [0.1, 0.15) is 23.6 Å². The molecule has 182 valence electrons. The van der Waals surface area contributed by atoms with Crippen LogP contribution in [0, 0.1) is 12.7 Å². The predicted molar refractivity (Wildman–Crippen MR) is 119 cm³/mol. The number of ether oxygens (including phenoxy) is 3. The van der Waals surface area contributed by atoms with Crippen LogP contribution in [0.15, 0.2) is 24.3 Å². The molecule has 0 aliphatic carbocycles. The van der Waals surface area contributed by atoms with E-state index in [1.165, 1.54) is 20.1 Å². The Balaban J connectivity index is 1.75. The molecule has 34 heavy (non-hydrogen) atoms. The summed E-state index contributed by atoms with van der Waals surface area (Å²) in [7, 11) is 1.51. The molecule has 2 atom stereocenters. The smallest absolute Gasteiger partial charge is 0.419 e. The quantitative estimate of drug-likeness (QED) is 0.378. The van der Waals surface area contributed by atoms with E-state index in [2.05, 4.69) is 15.3 Å². The van der Waals surface area contributed by atoms with Crippen LogP contribution in [-0.2, 0) is 10.9 Å². The van der Waals surface area contributed by atoms with Gasteiger partial charge in [-0.1, -0.05) is 0 Å². The van der Waals surface area contributed by atoms with E-state index in [9.17, 15) is 17.6 Å². The molecule has 1 fully saturated rings. The zero-order valence-corrected chi connectivity index (χ0v) is 18.8. The third-order valence-electron chi connectivity index (χ3n) is 5.52. The number of nitrogens with one attached hydrogen (secondary N) is 1. The van der Waals surface area contributed by atoms with Crippen molar-refractivity contribution in [3.05, 3.63) is 47.0 Å². The lowest BCUT2D eigenvalue weighted by molar-refractivity contribution is -0.140. The van der Waals surface area contributed by atoms with Gasteiger partial charge in [0.2, 0.25) is 0 Å². The molecule has 0 spiro atoms. The minimum absolute atomic E-state index is 0.143. The van der Waals surface area contributed by atoms with E-state index in [0.29, 0.717) is 53.3 Å². The number of methoxy groups -OCH3 is 1. The number of aryl methyl sites for hydroxylation is 1. The Morgan fingerprint density at radius 2 is 1.94 bits per heavy atom. The first-order chi connectivity index (χ1) is 16.1. The second-order valence-corrected chi connectivity index (χ2v) is 8.08. The Morgan fingerprint density at radius 1 is 1.18 bits per heavy atom. The number of benzene rings is 2. The second-order valence-electron chi connectivity index (χ2n) is 8.08. The van der Waals surface area contributed by atoms with Crippen molar-refractivity contribution in [2.24, 2.45) is 0 Å². The van der Waals surface area contributed by atoms with E-state index >= 15 is 0 Å². The normalized spacial score (nSPS) is 17.1. The molecule has 2 heterocycles. The van der Waals surface area contributed by atoms with Gasteiger partial charge in [-0.25, -0.2) is 14.4 Å². The van der Waals surface area contributed by atoms with Gasteiger partial charge in [-0.15, -0.1) is 0 Å². The molecule has 0 unspecified atom stereocenters. The molecule has 7 nitrogen and oxygen atoms in total. The standard InChI is InChI=1S/C23H24F4N4O3/c1-11(15-6-13(28)7-17(21(15)24)23(25,26)27)29-22-16-8-20(34-14-4-5-33-10-14)19(32-3)9-18(16)30-12(2)31-22/h6-9,11,14H,4-5,10,28H2,1-3H3,(H,29,30,31)/t11-,14-/m0/s1. The maximum atomic E-state index is 14.8. The van der Waals surface area contributed by atoms with E-state index < -0.39 is 23.6 Å². The highest BCUT2D eigenvalue weighted by Gasteiger charge is 2.36. The SMILES string of the molecule is COc1cc2nc(C)nc(N[C@@H](C)c3cc(N)cc(C(F)(F)F)c3F)c2cc1O[C@H]1CCOC1. The number of nitrogen functional groups attached to an aromatic ring is 1. The van der Waals surface area contributed by atoms with E-state index in [-0.39, 0.29) is 17.4 Å². The molecule has 11 heteroatoms. The van der Waals surface area contributed by atoms with Crippen LogP contribution in [0.2, 0.25) is 0 Å². The average Bonchev–Trinajstić information content (AvgIpc) is 3.27. The van der Waals surface area contributed by atoms with Crippen molar-refractivity contribution in [2.45, 2.75) is 38.6 Å². The fourth-order valence-electron chi connectivity index (χ4n) is 3.87. The first-order valence-electron chi connectivity index (χ1n) is 10.6. The number of anilines is 2. The zero-order valence-electron chi connectivity index (χ0n) is 18.8. The van der Waals surface area contributed by atoms with E-state index in [4.69, 9.17) is 19.9 Å². The molecular formula is C23H24F4N4O3. The number of fused-ring (bicyclic) bond motifs is 1. The van der Waals surface area contributed by atoms with E-state index in [1.54, 1.807) is 19.1 Å². The lowest BCUT2D eigenvalue weighted by Crippen LogP contribution is -2.17. The summed E-state index contributed by atoms with van der Waals surface area (Å²) < 4.78 is 71.4. The van der Waals surface area contributed by atoms with Crippen LogP contribution in [0.1, 0.15) is 36.3 Å². The van der Waals surface area contributed by atoms with Gasteiger partial charge in [-0.2, -0.15) is 13.2 Å². The van der Waals surface area contributed by atoms with Gasteiger partial charge in [0.15, 0.2) is 11.5 Å². The maximum Gasteiger partial charge on any atom is 0.419 e. The molecule has 1 aromatic heterocycles. The van der Waals surface area contributed by atoms with Crippen molar-refractivity contribution < 1.29 is 31.8 Å². The van der Waals surface area contributed by atoms with E-state index in [1.807, 2.05) is 0 Å². The third-order valence-corrected chi connectivity index (χ3v) is 5.52. The number of alkyl halides is 3. The highest BCUT2D eigenvalue weighted by molar-refractivity contribution is 5.92. The first-order valence-corrected chi connectivity index (χ1v) is 10.6. The van der Waals surface area contributed by atoms with Crippen molar-refractivity contribution in [2.75, 3.05) is 31.4 Å². The number of hydrogen-bond donors (Lipinski definition) is 2.